The summed E-state index contributed by atoms with van der Waals surface area (Å²) in [5.74, 6) is -3.45. The number of amides is 3. The first-order chi connectivity index (χ1) is 20.4. The van der Waals surface area contributed by atoms with Crippen molar-refractivity contribution < 1.29 is 37.1 Å². The van der Waals surface area contributed by atoms with E-state index in [4.69, 9.17) is 27.9 Å². The number of hydrazine groups is 1. The highest BCUT2D eigenvalue weighted by atomic mass is 35.5. The number of fused-ring (bicyclic) bond motifs is 1. The Labute approximate surface area is 258 Å². The second-order valence-electron chi connectivity index (χ2n) is 10.2. The number of carbonyl (C=O) groups excluding carboxylic acids is 5. The summed E-state index contributed by atoms with van der Waals surface area (Å²) in [6.45, 7) is -0.538. The molecule has 2 saturated heterocycles. The first-order valence-corrected chi connectivity index (χ1v) is 16.1. The Hall–Kier alpha value is -3.52. The van der Waals surface area contributed by atoms with Crippen molar-refractivity contribution in [1.29, 1.82) is 0 Å². The highest BCUT2D eigenvalue weighted by Gasteiger charge is 2.45. The minimum Gasteiger partial charge on any atom is -0.454 e. The van der Waals surface area contributed by atoms with E-state index in [1.165, 1.54) is 17.1 Å². The van der Waals surface area contributed by atoms with Crippen LogP contribution in [0, 0.1) is 0 Å². The zero-order valence-corrected chi connectivity index (χ0v) is 25.5. The average Bonchev–Trinajstić information content (AvgIpc) is 3.07. The molecule has 2 fully saturated rings. The molecule has 0 unspecified atom stereocenters. The Kier molecular flexibility index (Phi) is 10.4. The SMILES string of the molecule is CS(=O)(=O)N[C@H]1CCC(=O)N2CCC[C@@H](C(=O)N[C@@H](Cc3ccccc3)C(=O)COC(=O)c3c(Cl)cccc3Cl)N2C1=O. The summed E-state index contributed by atoms with van der Waals surface area (Å²) < 4.78 is 31.2. The molecule has 0 aliphatic carbocycles. The molecule has 230 valence electrons. The Morgan fingerprint density at radius 3 is 2.35 bits per heavy atom. The summed E-state index contributed by atoms with van der Waals surface area (Å²) in [6, 6.07) is 9.64. The summed E-state index contributed by atoms with van der Waals surface area (Å²) in [5.41, 5.74) is 0.594. The summed E-state index contributed by atoms with van der Waals surface area (Å²) in [6.07, 6.45) is 1.33. The third kappa shape index (κ3) is 8.11. The van der Waals surface area contributed by atoms with Gasteiger partial charge in [-0.15, -0.1) is 0 Å². The molecule has 0 saturated carbocycles. The van der Waals surface area contributed by atoms with E-state index >= 15 is 0 Å². The lowest BCUT2D eigenvalue weighted by atomic mass is 10.0. The summed E-state index contributed by atoms with van der Waals surface area (Å²) in [7, 11) is -3.80. The van der Waals surface area contributed by atoms with Crippen molar-refractivity contribution in [2.75, 3.05) is 19.4 Å². The Morgan fingerprint density at radius 2 is 1.70 bits per heavy atom. The van der Waals surface area contributed by atoms with E-state index in [2.05, 4.69) is 10.0 Å². The molecule has 12 nitrogen and oxygen atoms in total. The highest BCUT2D eigenvalue weighted by molar-refractivity contribution is 7.88. The molecule has 0 spiro atoms. The molecular weight excluding hydrogens is 623 g/mol. The van der Waals surface area contributed by atoms with Crippen LogP contribution in [-0.2, 0) is 40.4 Å². The number of esters is 1. The van der Waals surface area contributed by atoms with Crippen LogP contribution in [0.1, 0.15) is 41.6 Å². The van der Waals surface area contributed by atoms with Crippen molar-refractivity contribution in [3.05, 3.63) is 69.7 Å². The zero-order chi connectivity index (χ0) is 31.3. The first kappa shape index (κ1) is 32.4. The monoisotopic (exact) mass is 652 g/mol. The van der Waals surface area contributed by atoms with Gasteiger partial charge in [-0.25, -0.2) is 22.9 Å². The Morgan fingerprint density at radius 1 is 1.02 bits per heavy atom. The van der Waals surface area contributed by atoms with Crippen LogP contribution in [0.15, 0.2) is 48.5 Å². The van der Waals surface area contributed by atoms with Gasteiger partial charge in [0, 0.05) is 13.0 Å². The van der Waals surface area contributed by atoms with E-state index in [1.54, 1.807) is 36.4 Å². The third-order valence-corrected chi connectivity index (χ3v) is 8.36. The number of nitrogens with one attached hydrogen (secondary N) is 2. The van der Waals surface area contributed by atoms with Gasteiger partial charge in [0.2, 0.25) is 21.8 Å². The fourth-order valence-electron chi connectivity index (χ4n) is 5.01. The number of ketones is 1. The van der Waals surface area contributed by atoms with Crippen molar-refractivity contribution in [2.24, 2.45) is 0 Å². The van der Waals surface area contributed by atoms with E-state index in [0.29, 0.717) is 12.0 Å². The predicted molar refractivity (Wildman–Crippen MR) is 156 cm³/mol. The quantitative estimate of drug-likeness (QED) is 0.368. The van der Waals surface area contributed by atoms with Crippen LogP contribution >= 0.6 is 23.2 Å². The van der Waals surface area contributed by atoms with Gasteiger partial charge in [0.05, 0.1) is 27.9 Å². The van der Waals surface area contributed by atoms with Crippen LogP contribution in [0.25, 0.3) is 0 Å². The molecule has 2 heterocycles. The number of Topliss-reactive ketones (excluding diaryl/α,β-unsaturated/α-hetero) is 1. The standard InChI is InChI=1S/C28H30Cl2N4O8S/c1-43(40,41)32-20-12-13-24(36)33-14-6-11-22(34(33)27(20)38)26(37)31-21(15-17-7-3-2-4-8-17)23(35)16-42-28(39)25-18(29)9-5-10-19(25)30/h2-5,7-10,20-22,32H,6,11-16H2,1H3,(H,31,37)/t20-,21-,22-/m0/s1. The van der Waals surface area contributed by atoms with Crippen LogP contribution in [-0.4, -0.2) is 85.4 Å². The van der Waals surface area contributed by atoms with Crippen molar-refractivity contribution >= 4 is 62.7 Å². The maximum absolute atomic E-state index is 13.7. The topological polar surface area (TPSA) is 159 Å². The molecule has 4 rings (SSSR count). The van der Waals surface area contributed by atoms with Gasteiger partial charge in [-0.2, -0.15) is 0 Å². The fraction of sp³-hybridized carbons (Fsp3) is 0.393. The second kappa shape index (κ2) is 13.8. The van der Waals surface area contributed by atoms with Gasteiger partial charge in [0.1, 0.15) is 12.1 Å². The number of ether oxygens (including phenoxy) is 1. The first-order valence-electron chi connectivity index (χ1n) is 13.4. The Bertz CT molecular complexity index is 1500. The van der Waals surface area contributed by atoms with Crippen molar-refractivity contribution in [2.45, 2.75) is 50.2 Å². The van der Waals surface area contributed by atoms with Gasteiger partial charge in [-0.1, -0.05) is 59.6 Å². The number of benzene rings is 2. The number of carbonyl (C=O) groups is 5. The Balaban J connectivity index is 1.55. The zero-order valence-electron chi connectivity index (χ0n) is 23.1. The normalized spacial score (nSPS) is 19.7. The molecule has 0 aromatic heterocycles. The van der Waals surface area contributed by atoms with Crippen LogP contribution in [0.5, 0.6) is 0 Å². The lowest BCUT2D eigenvalue weighted by Crippen LogP contribution is -2.64. The molecule has 3 atom stereocenters. The van der Waals surface area contributed by atoms with Gasteiger partial charge >= 0.3 is 5.97 Å². The molecule has 0 radical (unpaired) electrons. The van der Waals surface area contributed by atoms with E-state index in [1.807, 2.05) is 0 Å². The van der Waals surface area contributed by atoms with Crippen molar-refractivity contribution in [3.63, 3.8) is 0 Å². The molecule has 2 aliphatic heterocycles. The predicted octanol–water partition coefficient (Wildman–Crippen LogP) is 1.89. The van der Waals surface area contributed by atoms with Crippen LogP contribution in [0.4, 0.5) is 0 Å². The van der Waals surface area contributed by atoms with Crippen LogP contribution in [0.2, 0.25) is 10.0 Å². The molecule has 3 amide bonds. The average molecular weight is 654 g/mol. The van der Waals surface area contributed by atoms with E-state index in [9.17, 15) is 32.4 Å². The van der Waals surface area contributed by atoms with Crippen molar-refractivity contribution in [1.82, 2.24) is 20.1 Å². The molecule has 0 bridgehead atoms. The van der Waals surface area contributed by atoms with Gasteiger partial charge in [0.25, 0.3) is 5.91 Å². The lowest BCUT2D eigenvalue weighted by molar-refractivity contribution is -0.176. The maximum Gasteiger partial charge on any atom is 0.341 e. The number of hydrogen-bond donors (Lipinski definition) is 2. The number of halogens is 2. The summed E-state index contributed by atoms with van der Waals surface area (Å²) in [5, 5.41) is 4.93. The largest absolute Gasteiger partial charge is 0.454 e. The number of nitrogens with zero attached hydrogens (tertiary/aromatic N) is 2. The second-order valence-corrected chi connectivity index (χ2v) is 12.8. The van der Waals surface area contributed by atoms with E-state index in [-0.39, 0.29) is 47.8 Å². The van der Waals surface area contributed by atoms with E-state index < -0.39 is 64.2 Å². The smallest absolute Gasteiger partial charge is 0.341 e. The number of sulfonamides is 1. The fourth-order valence-corrected chi connectivity index (χ4v) is 6.29. The maximum atomic E-state index is 13.7. The molecule has 2 aliphatic rings. The van der Waals surface area contributed by atoms with Gasteiger partial charge in [-0.3, -0.25) is 24.2 Å². The molecule has 43 heavy (non-hydrogen) atoms. The van der Waals surface area contributed by atoms with Crippen molar-refractivity contribution in [3.8, 4) is 0 Å². The molecule has 2 N–H and O–H groups in total. The highest BCUT2D eigenvalue weighted by Crippen LogP contribution is 2.26. The molecule has 2 aromatic rings. The summed E-state index contributed by atoms with van der Waals surface area (Å²) in [4.78, 5) is 66.0. The van der Waals surface area contributed by atoms with E-state index in [0.717, 1.165) is 11.3 Å². The molecule has 2 aromatic carbocycles. The third-order valence-electron chi connectivity index (χ3n) is 7.02. The number of rotatable bonds is 10. The van der Waals surface area contributed by atoms with Gasteiger partial charge < -0.3 is 10.1 Å². The molecule has 15 heteroatoms. The van der Waals surface area contributed by atoms with Crippen LogP contribution in [0.3, 0.4) is 0 Å². The summed E-state index contributed by atoms with van der Waals surface area (Å²) >= 11 is 12.1. The van der Waals surface area contributed by atoms with Gasteiger partial charge in [-0.05, 0) is 43.4 Å². The van der Waals surface area contributed by atoms with Gasteiger partial charge in [0.15, 0.2) is 12.4 Å². The minimum atomic E-state index is -3.80. The van der Waals surface area contributed by atoms with Crippen LogP contribution < -0.4 is 10.0 Å². The molecular formula is C28H30Cl2N4O8S. The lowest BCUT2D eigenvalue weighted by Gasteiger charge is -2.43. The number of hydrogen-bond acceptors (Lipinski definition) is 8. The minimum absolute atomic E-state index is 0.0391.